The van der Waals surface area contributed by atoms with Crippen LogP contribution in [0.3, 0.4) is 0 Å². The lowest BCUT2D eigenvalue weighted by Crippen LogP contribution is -2.37. The van der Waals surface area contributed by atoms with Crippen LogP contribution in [-0.4, -0.2) is 24.4 Å². The fourth-order valence-corrected chi connectivity index (χ4v) is 3.93. The van der Waals surface area contributed by atoms with Gasteiger partial charge in [-0.05, 0) is 37.8 Å². The first-order valence-electron chi connectivity index (χ1n) is 6.68. The largest absolute Gasteiger partial charge is 0.388 e. The standard InChI is InChI=1S/C13H19N3O2S2/c1-9(10-4-2-3-5-10)16-20(17,18)11-6-7-12(13(14)19)15-8-11/h6-10,16H,2-5H2,1H3,(H2,14,19). The summed E-state index contributed by atoms with van der Waals surface area (Å²) in [4.78, 5) is 4.26. The highest BCUT2D eigenvalue weighted by Crippen LogP contribution is 2.28. The van der Waals surface area contributed by atoms with E-state index >= 15 is 0 Å². The molecule has 1 aliphatic rings. The van der Waals surface area contributed by atoms with Crippen LogP contribution in [0.1, 0.15) is 38.3 Å². The summed E-state index contributed by atoms with van der Waals surface area (Å²) in [5, 5.41) is 0. The summed E-state index contributed by atoms with van der Waals surface area (Å²) >= 11 is 4.79. The fraction of sp³-hybridized carbons (Fsp3) is 0.538. The molecule has 1 unspecified atom stereocenters. The molecular weight excluding hydrogens is 294 g/mol. The number of hydrogen-bond acceptors (Lipinski definition) is 4. The van der Waals surface area contributed by atoms with Crippen LogP contribution in [0.15, 0.2) is 23.2 Å². The predicted molar refractivity (Wildman–Crippen MR) is 81.9 cm³/mol. The fourth-order valence-electron chi connectivity index (χ4n) is 2.55. The molecule has 20 heavy (non-hydrogen) atoms. The highest BCUT2D eigenvalue weighted by atomic mass is 32.2. The third kappa shape index (κ3) is 3.53. The van der Waals surface area contributed by atoms with E-state index in [0.29, 0.717) is 11.6 Å². The van der Waals surface area contributed by atoms with E-state index in [0.717, 1.165) is 12.8 Å². The molecule has 0 radical (unpaired) electrons. The first-order chi connectivity index (χ1) is 9.40. The van der Waals surface area contributed by atoms with E-state index in [1.54, 1.807) is 0 Å². The molecule has 110 valence electrons. The van der Waals surface area contributed by atoms with Gasteiger partial charge in [-0.15, -0.1) is 0 Å². The second-order valence-corrected chi connectivity index (χ2v) is 7.35. The van der Waals surface area contributed by atoms with Crippen molar-refractivity contribution >= 4 is 27.2 Å². The SMILES string of the molecule is CC(NS(=O)(=O)c1ccc(C(N)=S)nc1)C1CCCC1. The van der Waals surface area contributed by atoms with Crippen LogP contribution in [0.2, 0.25) is 0 Å². The van der Waals surface area contributed by atoms with Gasteiger partial charge in [0.1, 0.15) is 9.88 Å². The van der Waals surface area contributed by atoms with Crippen LogP contribution in [0, 0.1) is 5.92 Å². The Morgan fingerprint density at radius 3 is 2.60 bits per heavy atom. The van der Waals surface area contributed by atoms with E-state index in [1.807, 2.05) is 6.92 Å². The second kappa shape index (κ2) is 6.15. The lowest BCUT2D eigenvalue weighted by molar-refractivity contribution is 0.424. The molecule has 2 rings (SSSR count). The minimum atomic E-state index is -3.54. The molecule has 1 aliphatic carbocycles. The molecule has 0 amide bonds. The number of nitrogens with two attached hydrogens (primary N) is 1. The van der Waals surface area contributed by atoms with Gasteiger partial charge in [-0.25, -0.2) is 13.1 Å². The Hall–Kier alpha value is -1.05. The molecule has 1 saturated carbocycles. The highest BCUT2D eigenvalue weighted by Gasteiger charge is 2.26. The van der Waals surface area contributed by atoms with Crippen molar-refractivity contribution in [1.82, 2.24) is 9.71 Å². The Balaban J connectivity index is 2.11. The zero-order valence-electron chi connectivity index (χ0n) is 11.4. The Labute approximate surface area is 125 Å². The zero-order chi connectivity index (χ0) is 14.8. The second-order valence-electron chi connectivity index (χ2n) is 5.20. The summed E-state index contributed by atoms with van der Waals surface area (Å²) in [6, 6.07) is 2.94. The Morgan fingerprint density at radius 1 is 1.45 bits per heavy atom. The molecule has 0 saturated heterocycles. The van der Waals surface area contributed by atoms with Crippen LogP contribution in [0.25, 0.3) is 0 Å². The first kappa shape index (κ1) is 15.3. The smallest absolute Gasteiger partial charge is 0.242 e. The molecule has 7 heteroatoms. The summed E-state index contributed by atoms with van der Waals surface area (Å²) in [6.07, 6.45) is 5.82. The third-order valence-corrected chi connectivity index (χ3v) is 5.50. The number of thiocarbonyl (C=S) groups is 1. The highest BCUT2D eigenvalue weighted by molar-refractivity contribution is 7.89. The number of rotatable bonds is 5. The molecule has 1 aromatic heterocycles. The van der Waals surface area contributed by atoms with E-state index in [1.165, 1.54) is 31.2 Å². The van der Waals surface area contributed by atoms with Crippen LogP contribution in [-0.2, 0) is 10.0 Å². The molecule has 0 aliphatic heterocycles. The van der Waals surface area contributed by atoms with Gasteiger partial charge in [-0.1, -0.05) is 25.1 Å². The normalized spacial score (nSPS) is 18.1. The number of aromatic nitrogens is 1. The maximum Gasteiger partial charge on any atom is 0.242 e. The Bertz CT molecular complexity index is 578. The maximum absolute atomic E-state index is 12.3. The molecule has 0 aromatic carbocycles. The van der Waals surface area contributed by atoms with Crippen molar-refractivity contribution < 1.29 is 8.42 Å². The van der Waals surface area contributed by atoms with E-state index < -0.39 is 10.0 Å². The van der Waals surface area contributed by atoms with Crippen molar-refractivity contribution in [2.75, 3.05) is 0 Å². The van der Waals surface area contributed by atoms with Crippen molar-refractivity contribution in [3.05, 3.63) is 24.0 Å². The van der Waals surface area contributed by atoms with Crippen LogP contribution in [0.4, 0.5) is 0 Å². The summed E-state index contributed by atoms with van der Waals surface area (Å²) in [7, 11) is -3.54. The van der Waals surface area contributed by atoms with Gasteiger partial charge in [0.2, 0.25) is 10.0 Å². The average molecular weight is 313 g/mol. The minimum absolute atomic E-state index is 0.0576. The zero-order valence-corrected chi connectivity index (χ0v) is 13.0. The molecule has 5 nitrogen and oxygen atoms in total. The minimum Gasteiger partial charge on any atom is -0.388 e. The Kier molecular flexibility index (Phi) is 4.72. The average Bonchev–Trinajstić information content (AvgIpc) is 2.92. The molecule has 3 N–H and O–H groups in total. The molecule has 0 bridgehead atoms. The molecular formula is C13H19N3O2S2. The number of hydrogen-bond donors (Lipinski definition) is 2. The summed E-state index contributed by atoms with van der Waals surface area (Å²) in [6.45, 7) is 1.92. The van der Waals surface area contributed by atoms with E-state index in [-0.39, 0.29) is 15.9 Å². The lowest BCUT2D eigenvalue weighted by atomic mass is 10.0. The van der Waals surface area contributed by atoms with Gasteiger partial charge < -0.3 is 5.73 Å². The van der Waals surface area contributed by atoms with Gasteiger partial charge in [0.15, 0.2) is 0 Å². The van der Waals surface area contributed by atoms with Crippen molar-refractivity contribution in [2.24, 2.45) is 11.7 Å². The van der Waals surface area contributed by atoms with Gasteiger partial charge in [0, 0.05) is 12.2 Å². The molecule has 1 aromatic rings. The van der Waals surface area contributed by atoms with Gasteiger partial charge in [0.25, 0.3) is 0 Å². The van der Waals surface area contributed by atoms with Gasteiger partial charge >= 0.3 is 0 Å². The quantitative estimate of drug-likeness (QED) is 0.806. The monoisotopic (exact) mass is 313 g/mol. The van der Waals surface area contributed by atoms with E-state index in [4.69, 9.17) is 18.0 Å². The van der Waals surface area contributed by atoms with Crippen molar-refractivity contribution in [1.29, 1.82) is 0 Å². The van der Waals surface area contributed by atoms with Gasteiger partial charge in [-0.3, -0.25) is 4.98 Å². The summed E-state index contributed by atoms with van der Waals surface area (Å²) in [5.41, 5.74) is 5.86. The first-order valence-corrected chi connectivity index (χ1v) is 8.57. The number of pyridine rings is 1. The summed E-state index contributed by atoms with van der Waals surface area (Å²) < 4.78 is 27.3. The molecule has 0 spiro atoms. The van der Waals surface area contributed by atoms with Crippen molar-refractivity contribution in [3.8, 4) is 0 Å². The maximum atomic E-state index is 12.3. The van der Waals surface area contributed by atoms with Crippen molar-refractivity contribution in [3.63, 3.8) is 0 Å². The predicted octanol–water partition coefficient (Wildman–Crippen LogP) is 1.57. The topological polar surface area (TPSA) is 85.1 Å². The van der Waals surface area contributed by atoms with Crippen LogP contribution in [0.5, 0.6) is 0 Å². The van der Waals surface area contributed by atoms with Gasteiger partial charge in [0.05, 0.1) is 5.69 Å². The van der Waals surface area contributed by atoms with E-state index in [2.05, 4.69) is 9.71 Å². The van der Waals surface area contributed by atoms with Crippen molar-refractivity contribution in [2.45, 2.75) is 43.5 Å². The lowest BCUT2D eigenvalue weighted by Gasteiger charge is -2.20. The number of sulfonamides is 1. The van der Waals surface area contributed by atoms with Crippen LogP contribution >= 0.6 is 12.2 Å². The number of nitrogens with zero attached hydrogens (tertiary/aromatic N) is 1. The van der Waals surface area contributed by atoms with E-state index in [9.17, 15) is 8.42 Å². The molecule has 1 heterocycles. The third-order valence-electron chi connectivity index (χ3n) is 3.75. The van der Waals surface area contributed by atoms with Crippen LogP contribution < -0.4 is 10.5 Å². The molecule has 1 fully saturated rings. The summed E-state index contributed by atoms with van der Waals surface area (Å²) in [5.74, 6) is 0.425. The molecule has 1 atom stereocenters. The van der Waals surface area contributed by atoms with Gasteiger partial charge in [-0.2, -0.15) is 0 Å². The number of nitrogens with one attached hydrogen (secondary N) is 1. The Morgan fingerprint density at radius 2 is 2.10 bits per heavy atom.